The van der Waals surface area contributed by atoms with E-state index in [2.05, 4.69) is 5.32 Å². The van der Waals surface area contributed by atoms with Crippen molar-refractivity contribution in [1.82, 2.24) is 5.32 Å². The Balaban J connectivity index is 1.76. The van der Waals surface area contributed by atoms with Gasteiger partial charge in [0, 0.05) is 0 Å². The molecule has 0 bridgehead atoms. The Morgan fingerprint density at radius 2 is 2.12 bits per heavy atom. The van der Waals surface area contributed by atoms with Crippen LogP contribution in [0.25, 0.3) is 0 Å². The lowest BCUT2D eigenvalue weighted by Gasteiger charge is -2.29. The average molecular weight is 329 g/mol. The van der Waals surface area contributed by atoms with Crippen LogP contribution >= 0.6 is 0 Å². The molecule has 0 spiro atoms. The number of carbonyl (C=O) groups is 1. The van der Waals surface area contributed by atoms with Crippen molar-refractivity contribution in [2.45, 2.75) is 37.2 Å². The zero-order chi connectivity index (χ0) is 17.0. The lowest BCUT2D eigenvalue weighted by atomic mass is 9.78. The third kappa shape index (κ3) is 3.17. The van der Waals surface area contributed by atoms with Crippen LogP contribution in [0.15, 0.2) is 47.1 Å². The van der Waals surface area contributed by atoms with Crippen molar-refractivity contribution in [3.63, 3.8) is 0 Å². The summed E-state index contributed by atoms with van der Waals surface area (Å²) in [6, 6.07) is 11.1. The molecule has 1 saturated carbocycles. The smallest absolute Gasteiger partial charge is 0.230 e. The van der Waals surface area contributed by atoms with E-state index >= 15 is 0 Å². The van der Waals surface area contributed by atoms with Gasteiger partial charge in [0.25, 0.3) is 0 Å². The Hall–Kier alpha value is -2.27. The van der Waals surface area contributed by atoms with Crippen LogP contribution in [-0.2, 0) is 10.2 Å². The molecule has 2 N–H and O–H groups in total. The second-order valence-electron chi connectivity index (χ2n) is 6.26. The highest BCUT2D eigenvalue weighted by Gasteiger charge is 2.42. The third-order valence-electron chi connectivity index (χ3n) is 4.84. The number of amides is 1. The van der Waals surface area contributed by atoms with E-state index < -0.39 is 11.5 Å². The molecule has 1 atom stereocenters. The van der Waals surface area contributed by atoms with Crippen molar-refractivity contribution in [2.24, 2.45) is 0 Å². The van der Waals surface area contributed by atoms with Gasteiger partial charge in [-0.3, -0.25) is 4.79 Å². The maximum Gasteiger partial charge on any atom is 0.230 e. The summed E-state index contributed by atoms with van der Waals surface area (Å²) in [5, 5.41) is 13.0. The highest BCUT2D eigenvalue weighted by molar-refractivity contribution is 5.88. The van der Waals surface area contributed by atoms with Crippen molar-refractivity contribution >= 4 is 5.91 Å². The van der Waals surface area contributed by atoms with Crippen molar-refractivity contribution in [1.29, 1.82) is 0 Å². The van der Waals surface area contributed by atoms with Gasteiger partial charge >= 0.3 is 0 Å². The van der Waals surface area contributed by atoms with E-state index in [0.29, 0.717) is 5.76 Å². The van der Waals surface area contributed by atoms with Crippen molar-refractivity contribution in [3.05, 3.63) is 54.0 Å². The van der Waals surface area contributed by atoms with Crippen molar-refractivity contribution < 1.29 is 19.1 Å². The molecule has 1 unspecified atom stereocenters. The van der Waals surface area contributed by atoms with Crippen LogP contribution in [0, 0.1) is 0 Å². The molecular formula is C19H23NO4. The largest absolute Gasteiger partial charge is 0.497 e. The number of benzene rings is 1. The number of furan rings is 1. The molecule has 1 heterocycles. The van der Waals surface area contributed by atoms with Crippen molar-refractivity contribution in [2.75, 3.05) is 13.7 Å². The summed E-state index contributed by atoms with van der Waals surface area (Å²) in [4.78, 5) is 12.9. The molecule has 128 valence electrons. The number of hydrogen-bond acceptors (Lipinski definition) is 4. The molecule has 1 aromatic heterocycles. The van der Waals surface area contributed by atoms with Gasteiger partial charge in [-0.05, 0) is 42.7 Å². The Kier molecular flexibility index (Phi) is 4.90. The number of rotatable bonds is 6. The van der Waals surface area contributed by atoms with Gasteiger partial charge in [-0.1, -0.05) is 25.0 Å². The van der Waals surface area contributed by atoms with E-state index in [0.717, 1.165) is 37.0 Å². The highest BCUT2D eigenvalue weighted by atomic mass is 16.5. The molecule has 1 aliphatic rings. The van der Waals surface area contributed by atoms with Crippen LogP contribution in [0.5, 0.6) is 5.75 Å². The number of methoxy groups -OCH3 is 1. The van der Waals surface area contributed by atoms with Crippen LogP contribution in [0.3, 0.4) is 0 Å². The fourth-order valence-electron chi connectivity index (χ4n) is 3.49. The predicted molar refractivity (Wildman–Crippen MR) is 89.8 cm³/mol. The minimum Gasteiger partial charge on any atom is -0.497 e. The number of nitrogens with one attached hydrogen (secondary N) is 1. The first-order valence-electron chi connectivity index (χ1n) is 8.30. The average Bonchev–Trinajstić information content (AvgIpc) is 3.31. The number of aliphatic hydroxyl groups is 1. The molecule has 3 rings (SSSR count). The van der Waals surface area contributed by atoms with Gasteiger partial charge < -0.3 is 19.6 Å². The Morgan fingerprint density at radius 1 is 1.33 bits per heavy atom. The molecule has 5 nitrogen and oxygen atoms in total. The van der Waals surface area contributed by atoms with Gasteiger partial charge in [-0.25, -0.2) is 0 Å². The van der Waals surface area contributed by atoms with E-state index in [1.807, 2.05) is 24.3 Å². The highest BCUT2D eigenvalue weighted by Crippen LogP contribution is 2.42. The molecule has 1 aromatic carbocycles. The quantitative estimate of drug-likeness (QED) is 0.855. The molecule has 0 aliphatic heterocycles. The lowest BCUT2D eigenvalue weighted by molar-refractivity contribution is -0.127. The van der Waals surface area contributed by atoms with Gasteiger partial charge in [0.05, 0.1) is 25.3 Å². The van der Waals surface area contributed by atoms with Gasteiger partial charge in [-0.15, -0.1) is 0 Å². The van der Waals surface area contributed by atoms with Crippen LogP contribution < -0.4 is 10.1 Å². The van der Waals surface area contributed by atoms with E-state index in [9.17, 15) is 9.90 Å². The number of hydrogen-bond donors (Lipinski definition) is 2. The molecule has 1 fully saturated rings. The molecule has 5 heteroatoms. The summed E-state index contributed by atoms with van der Waals surface area (Å²) in [6.07, 6.45) is 4.32. The van der Waals surface area contributed by atoms with E-state index in [1.54, 1.807) is 19.2 Å². The second kappa shape index (κ2) is 7.09. The molecule has 1 amide bonds. The fraction of sp³-hybridized carbons (Fsp3) is 0.421. The van der Waals surface area contributed by atoms with Crippen LogP contribution in [0.2, 0.25) is 0 Å². The summed E-state index contributed by atoms with van der Waals surface area (Å²) >= 11 is 0. The van der Waals surface area contributed by atoms with E-state index in [1.165, 1.54) is 6.26 Å². The van der Waals surface area contributed by atoms with Crippen LogP contribution in [0.4, 0.5) is 0 Å². The molecule has 2 aromatic rings. The number of carbonyl (C=O) groups excluding carboxylic acids is 1. The predicted octanol–water partition coefficient (Wildman–Crippen LogP) is 2.95. The minimum absolute atomic E-state index is 0.0427. The third-order valence-corrected chi connectivity index (χ3v) is 4.84. The topological polar surface area (TPSA) is 71.7 Å². The molecule has 0 saturated heterocycles. The van der Waals surface area contributed by atoms with Gasteiger partial charge in [0.1, 0.15) is 17.6 Å². The molecular weight excluding hydrogens is 306 g/mol. The summed E-state index contributed by atoms with van der Waals surface area (Å²) in [5.74, 6) is 1.17. The van der Waals surface area contributed by atoms with E-state index in [-0.39, 0.29) is 12.5 Å². The van der Waals surface area contributed by atoms with E-state index in [4.69, 9.17) is 9.15 Å². The lowest BCUT2D eigenvalue weighted by Crippen LogP contribution is -2.44. The zero-order valence-corrected chi connectivity index (χ0v) is 13.8. The first kappa shape index (κ1) is 16.6. The normalized spacial score (nSPS) is 17.4. The minimum atomic E-state index is -0.840. The van der Waals surface area contributed by atoms with Crippen LogP contribution in [0.1, 0.15) is 43.1 Å². The Bertz CT molecular complexity index is 674. The Morgan fingerprint density at radius 3 is 2.79 bits per heavy atom. The number of aliphatic hydroxyl groups excluding tert-OH is 1. The van der Waals surface area contributed by atoms with Crippen molar-refractivity contribution in [3.8, 4) is 5.75 Å². The first-order valence-corrected chi connectivity index (χ1v) is 8.30. The first-order chi connectivity index (χ1) is 11.7. The molecule has 0 radical (unpaired) electrons. The number of ether oxygens (including phenoxy) is 1. The summed E-state index contributed by atoms with van der Waals surface area (Å²) < 4.78 is 10.5. The summed E-state index contributed by atoms with van der Waals surface area (Å²) in [5.41, 5.74) is 0.432. The monoisotopic (exact) mass is 329 g/mol. The zero-order valence-electron chi connectivity index (χ0n) is 13.8. The molecule has 1 aliphatic carbocycles. The Labute approximate surface area is 141 Å². The van der Waals surface area contributed by atoms with Gasteiger partial charge in [0.2, 0.25) is 5.91 Å². The SMILES string of the molecule is COc1cccc(C2(C(=O)NCC(O)c3ccco3)CCCC2)c1. The molecule has 24 heavy (non-hydrogen) atoms. The maximum atomic E-state index is 12.9. The fourth-order valence-corrected chi connectivity index (χ4v) is 3.49. The second-order valence-corrected chi connectivity index (χ2v) is 6.26. The van der Waals surface area contributed by atoms with Gasteiger partial charge in [-0.2, -0.15) is 0 Å². The summed E-state index contributed by atoms with van der Waals surface area (Å²) in [7, 11) is 1.63. The van der Waals surface area contributed by atoms with Gasteiger partial charge in [0.15, 0.2) is 0 Å². The maximum absolute atomic E-state index is 12.9. The standard InChI is InChI=1S/C19H23NO4/c1-23-15-7-4-6-14(12-15)19(9-2-3-10-19)18(22)20-13-16(21)17-8-5-11-24-17/h4-8,11-12,16,21H,2-3,9-10,13H2,1H3,(H,20,22). The van der Waals surface area contributed by atoms with Crippen LogP contribution in [-0.4, -0.2) is 24.7 Å². The summed E-state index contributed by atoms with van der Waals surface area (Å²) in [6.45, 7) is 0.137.